The predicted molar refractivity (Wildman–Crippen MR) is 124 cm³/mol. The molecule has 0 radical (unpaired) electrons. The van der Waals surface area contributed by atoms with Crippen LogP contribution in [-0.4, -0.2) is 13.5 Å². The lowest BCUT2D eigenvalue weighted by Gasteiger charge is -2.14. The van der Waals surface area contributed by atoms with Crippen molar-refractivity contribution < 1.29 is 13.5 Å². The Balaban J connectivity index is 1.72. The number of hydrogen-bond acceptors (Lipinski definition) is 4. The second kappa shape index (κ2) is 8.65. The number of hydrogen-bond donors (Lipinski definition) is 2. The molecule has 0 aliphatic carbocycles. The molecule has 0 atom stereocenters. The van der Waals surface area contributed by atoms with Gasteiger partial charge in [0.05, 0.1) is 16.0 Å². The van der Waals surface area contributed by atoms with E-state index in [0.717, 1.165) is 15.9 Å². The maximum atomic E-state index is 12.7. The van der Waals surface area contributed by atoms with E-state index in [0.29, 0.717) is 21.4 Å². The van der Waals surface area contributed by atoms with Crippen LogP contribution in [0.3, 0.4) is 0 Å². The van der Waals surface area contributed by atoms with Crippen molar-refractivity contribution in [2.24, 2.45) is 0 Å². The van der Waals surface area contributed by atoms with Crippen LogP contribution < -0.4 is 4.72 Å². The van der Waals surface area contributed by atoms with Crippen molar-refractivity contribution in [3.05, 3.63) is 102 Å². The Morgan fingerprint density at radius 1 is 0.800 bits per heavy atom. The molecule has 6 heteroatoms. The first-order valence-corrected chi connectivity index (χ1v) is 11.6. The molecule has 4 nitrogen and oxygen atoms in total. The van der Waals surface area contributed by atoms with Crippen LogP contribution in [0.25, 0.3) is 16.8 Å². The molecule has 0 heterocycles. The Labute approximate surface area is 179 Å². The zero-order valence-electron chi connectivity index (χ0n) is 15.9. The Morgan fingerprint density at radius 3 is 2.10 bits per heavy atom. The molecular weight excluding hydrogens is 414 g/mol. The second-order valence-corrected chi connectivity index (χ2v) is 9.27. The number of aromatic hydroxyl groups is 1. The van der Waals surface area contributed by atoms with E-state index in [1.165, 1.54) is 11.8 Å². The third kappa shape index (κ3) is 4.67. The number of benzene rings is 4. The van der Waals surface area contributed by atoms with Crippen LogP contribution in [0, 0.1) is 0 Å². The molecule has 0 saturated carbocycles. The van der Waals surface area contributed by atoms with Gasteiger partial charge in [0.25, 0.3) is 10.0 Å². The predicted octanol–water partition coefficient (Wildman–Crippen LogP) is 6.11. The highest BCUT2D eigenvalue weighted by atomic mass is 32.2. The maximum absolute atomic E-state index is 12.7. The average Bonchev–Trinajstić information content (AvgIpc) is 2.77. The summed E-state index contributed by atoms with van der Waals surface area (Å²) in [5, 5.41) is 13.1. The number of fused-ring (bicyclic) bond motifs is 1. The summed E-state index contributed by atoms with van der Waals surface area (Å²) in [6, 6.07) is 27.7. The van der Waals surface area contributed by atoms with Gasteiger partial charge >= 0.3 is 0 Å². The summed E-state index contributed by atoms with van der Waals surface area (Å²) >= 11 is 1.38. The van der Waals surface area contributed by atoms with E-state index in [2.05, 4.69) is 4.72 Å². The molecule has 0 aliphatic rings. The highest BCUT2D eigenvalue weighted by Crippen LogP contribution is 2.42. The van der Waals surface area contributed by atoms with E-state index in [1.807, 2.05) is 72.8 Å². The Bertz CT molecular complexity index is 1300. The first-order chi connectivity index (χ1) is 14.5. The largest absolute Gasteiger partial charge is 0.506 e. The first kappa shape index (κ1) is 20.1. The van der Waals surface area contributed by atoms with Gasteiger partial charge in [0, 0.05) is 15.7 Å². The molecule has 30 heavy (non-hydrogen) atoms. The van der Waals surface area contributed by atoms with Gasteiger partial charge in [-0.1, -0.05) is 84.6 Å². The highest BCUT2D eigenvalue weighted by Gasteiger charge is 2.15. The van der Waals surface area contributed by atoms with Crippen LogP contribution in [0.1, 0.15) is 5.56 Å². The standard InChI is InChI=1S/C24H19NO3S2/c26-24-21-14-8-7-13-20(21)22(17-23(24)29-19-11-5-2-6-12-19)25-30(27,28)16-15-18-9-3-1-4-10-18/h1-17,25-26H. The van der Waals surface area contributed by atoms with Crippen molar-refractivity contribution >= 4 is 44.3 Å². The normalized spacial score (nSPS) is 11.7. The van der Waals surface area contributed by atoms with Gasteiger partial charge in [-0.2, -0.15) is 0 Å². The van der Waals surface area contributed by atoms with Crippen LogP contribution in [0.15, 0.2) is 106 Å². The Morgan fingerprint density at radius 2 is 1.40 bits per heavy atom. The monoisotopic (exact) mass is 433 g/mol. The number of sulfonamides is 1. The number of phenols is 1. The minimum atomic E-state index is -3.75. The third-order valence-corrected chi connectivity index (χ3v) is 6.48. The van der Waals surface area contributed by atoms with Crippen LogP contribution in [0.5, 0.6) is 5.75 Å². The van der Waals surface area contributed by atoms with Crippen molar-refractivity contribution in [1.82, 2.24) is 0 Å². The third-order valence-electron chi connectivity index (χ3n) is 4.44. The van der Waals surface area contributed by atoms with Gasteiger partial charge in [-0.25, -0.2) is 8.42 Å². The van der Waals surface area contributed by atoms with Gasteiger partial charge in [0.1, 0.15) is 5.75 Å². The molecule has 0 spiro atoms. The van der Waals surface area contributed by atoms with Gasteiger partial charge in [-0.15, -0.1) is 0 Å². The fourth-order valence-electron chi connectivity index (χ4n) is 3.03. The SMILES string of the molecule is O=S(=O)(C=Cc1ccccc1)Nc1cc(Sc2ccccc2)c(O)c2ccccc12. The van der Waals surface area contributed by atoms with E-state index < -0.39 is 10.0 Å². The lowest BCUT2D eigenvalue weighted by atomic mass is 10.1. The van der Waals surface area contributed by atoms with Gasteiger partial charge in [0.2, 0.25) is 0 Å². The van der Waals surface area contributed by atoms with Crippen molar-refractivity contribution in [2.45, 2.75) is 9.79 Å². The highest BCUT2D eigenvalue weighted by molar-refractivity contribution is 7.99. The maximum Gasteiger partial charge on any atom is 0.255 e. The Hall–Kier alpha value is -3.22. The molecule has 0 amide bonds. The van der Waals surface area contributed by atoms with Gasteiger partial charge in [-0.05, 0) is 29.8 Å². The van der Waals surface area contributed by atoms with Crippen LogP contribution >= 0.6 is 11.8 Å². The van der Waals surface area contributed by atoms with Crippen LogP contribution in [0.2, 0.25) is 0 Å². The van der Waals surface area contributed by atoms with E-state index in [1.54, 1.807) is 24.3 Å². The zero-order valence-corrected chi connectivity index (χ0v) is 17.5. The van der Waals surface area contributed by atoms with Crippen molar-refractivity contribution in [1.29, 1.82) is 0 Å². The summed E-state index contributed by atoms with van der Waals surface area (Å²) in [4.78, 5) is 1.52. The van der Waals surface area contributed by atoms with Crippen LogP contribution in [0.4, 0.5) is 5.69 Å². The van der Waals surface area contributed by atoms with E-state index in [4.69, 9.17) is 0 Å². The zero-order chi connectivity index (χ0) is 21.0. The molecule has 0 bridgehead atoms. The number of phenolic OH excluding ortho intramolecular Hbond substituents is 1. The minimum absolute atomic E-state index is 0.127. The number of rotatable bonds is 6. The molecule has 2 N–H and O–H groups in total. The smallest absolute Gasteiger partial charge is 0.255 e. The summed E-state index contributed by atoms with van der Waals surface area (Å²) in [5.41, 5.74) is 1.21. The fraction of sp³-hybridized carbons (Fsp3) is 0. The molecule has 4 rings (SSSR count). The molecular formula is C24H19NO3S2. The Kier molecular flexibility index (Phi) is 5.79. The number of anilines is 1. The van der Waals surface area contributed by atoms with Gasteiger partial charge < -0.3 is 5.11 Å². The van der Waals surface area contributed by atoms with Crippen LogP contribution in [-0.2, 0) is 10.0 Å². The molecule has 150 valence electrons. The molecule has 0 aliphatic heterocycles. The fourth-order valence-corrected chi connectivity index (χ4v) is 4.84. The quantitative estimate of drug-likeness (QED) is 0.360. The van der Waals surface area contributed by atoms with E-state index in [-0.39, 0.29) is 5.75 Å². The lowest BCUT2D eigenvalue weighted by molar-refractivity contribution is 0.469. The minimum Gasteiger partial charge on any atom is -0.506 e. The molecule has 4 aromatic carbocycles. The summed E-state index contributed by atoms with van der Waals surface area (Å²) in [7, 11) is -3.75. The van der Waals surface area contributed by atoms with Crippen molar-refractivity contribution in [3.63, 3.8) is 0 Å². The van der Waals surface area contributed by atoms with E-state index in [9.17, 15) is 13.5 Å². The topological polar surface area (TPSA) is 66.4 Å². The van der Waals surface area contributed by atoms with Gasteiger partial charge in [-0.3, -0.25) is 4.72 Å². The van der Waals surface area contributed by atoms with Gasteiger partial charge in [0.15, 0.2) is 0 Å². The second-order valence-electron chi connectivity index (χ2n) is 6.59. The number of nitrogens with one attached hydrogen (secondary N) is 1. The molecule has 0 unspecified atom stereocenters. The lowest BCUT2D eigenvalue weighted by Crippen LogP contribution is -2.09. The summed E-state index contributed by atoms with van der Waals surface area (Å²) in [6.45, 7) is 0. The van der Waals surface area contributed by atoms with E-state index >= 15 is 0 Å². The summed E-state index contributed by atoms with van der Waals surface area (Å²) < 4.78 is 28.1. The first-order valence-electron chi connectivity index (χ1n) is 9.25. The van der Waals surface area contributed by atoms with Crippen molar-refractivity contribution in [3.8, 4) is 5.75 Å². The molecule has 4 aromatic rings. The molecule has 0 fully saturated rings. The molecule has 0 saturated heterocycles. The summed E-state index contributed by atoms with van der Waals surface area (Å²) in [5.74, 6) is 0.127. The van der Waals surface area contributed by atoms with Crippen molar-refractivity contribution in [2.75, 3.05) is 4.72 Å². The summed E-state index contributed by atoms with van der Waals surface area (Å²) in [6.07, 6.45) is 1.55. The average molecular weight is 434 g/mol. The molecule has 0 aromatic heterocycles.